The fourth-order valence-electron chi connectivity index (χ4n) is 2.79. The third-order valence-electron chi connectivity index (χ3n) is 4.21. The Balaban J connectivity index is 1.78. The summed E-state index contributed by atoms with van der Waals surface area (Å²) in [5.74, 6) is 0.957. The van der Waals surface area contributed by atoms with Crippen LogP contribution in [0, 0.1) is 5.92 Å². The number of piperidine rings is 1. The molecule has 0 atom stereocenters. The fourth-order valence-corrected chi connectivity index (χ4v) is 3.45. The standard InChI is InChI=1S/C16H27N3OS/c1-3-19(11-14-4-7-17-8-5-14)12-16(20)18(2)10-15-6-9-21-13-15/h6,9,13-14,17H,3-5,7-8,10-12H2,1-2H3. The first-order valence-electron chi connectivity index (χ1n) is 7.87. The van der Waals surface area contributed by atoms with E-state index in [1.165, 1.54) is 18.4 Å². The highest BCUT2D eigenvalue weighted by molar-refractivity contribution is 7.07. The number of carbonyl (C=O) groups is 1. The number of rotatable bonds is 7. The number of amides is 1. The van der Waals surface area contributed by atoms with E-state index in [4.69, 9.17) is 0 Å². The van der Waals surface area contributed by atoms with E-state index in [1.54, 1.807) is 11.3 Å². The highest BCUT2D eigenvalue weighted by Crippen LogP contribution is 2.14. The Morgan fingerprint density at radius 3 is 2.81 bits per heavy atom. The molecule has 0 spiro atoms. The van der Waals surface area contributed by atoms with E-state index in [0.717, 1.165) is 32.1 Å². The number of nitrogens with one attached hydrogen (secondary N) is 1. The molecule has 1 saturated heterocycles. The summed E-state index contributed by atoms with van der Waals surface area (Å²) in [7, 11) is 1.90. The topological polar surface area (TPSA) is 35.6 Å². The van der Waals surface area contributed by atoms with Gasteiger partial charge in [0.25, 0.3) is 0 Å². The third-order valence-corrected chi connectivity index (χ3v) is 4.94. The Morgan fingerprint density at radius 2 is 2.19 bits per heavy atom. The Bertz CT molecular complexity index is 415. The van der Waals surface area contributed by atoms with Gasteiger partial charge in [-0.3, -0.25) is 9.69 Å². The number of likely N-dealkylation sites (N-methyl/N-ethyl adjacent to an activating group) is 2. The molecule has 0 aromatic carbocycles. The quantitative estimate of drug-likeness (QED) is 0.837. The zero-order chi connectivity index (χ0) is 15.1. The third kappa shape index (κ3) is 5.41. The molecule has 118 valence electrons. The van der Waals surface area contributed by atoms with Crippen LogP contribution in [0.4, 0.5) is 0 Å². The van der Waals surface area contributed by atoms with Crippen molar-refractivity contribution in [2.24, 2.45) is 5.92 Å². The minimum atomic E-state index is 0.219. The van der Waals surface area contributed by atoms with Crippen LogP contribution in [0.5, 0.6) is 0 Å². The zero-order valence-corrected chi connectivity index (χ0v) is 14.0. The van der Waals surface area contributed by atoms with Crippen LogP contribution in [0.2, 0.25) is 0 Å². The van der Waals surface area contributed by atoms with Crippen molar-refractivity contribution >= 4 is 17.2 Å². The van der Waals surface area contributed by atoms with Crippen molar-refractivity contribution in [2.45, 2.75) is 26.3 Å². The van der Waals surface area contributed by atoms with Gasteiger partial charge in [-0.2, -0.15) is 11.3 Å². The molecule has 1 aromatic heterocycles. The summed E-state index contributed by atoms with van der Waals surface area (Å²) in [5.41, 5.74) is 1.22. The number of hydrogen-bond acceptors (Lipinski definition) is 4. The number of carbonyl (C=O) groups excluding carboxylic acids is 1. The molecule has 0 radical (unpaired) electrons. The summed E-state index contributed by atoms with van der Waals surface area (Å²) < 4.78 is 0. The normalized spacial score (nSPS) is 16.3. The second-order valence-electron chi connectivity index (χ2n) is 5.90. The SMILES string of the molecule is CCN(CC(=O)N(C)Cc1ccsc1)CC1CCNCC1. The molecular formula is C16H27N3OS. The Kier molecular flexibility index (Phi) is 6.67. The summed E-state index contributed by atoms with van der Waals surface area (Å²) in [6.45, 7) is 7.64. The first kappa shape index (κ1) is 16.5. The molecule has 1 fully saturated rings. The molecule has 0 aliphatic carbocycles. The van der Waals surface area contributed by atoms with Crippen LogP contribution in [0.25, 0.3) is 0 Å². The van der Waals surface area contributed by atoms with Crippen LogP contribution in [-0.2, 0) is 11.3 Å². The lowest BCUT2D eigenvalue weighted by molar-refractivity contribution is -0.131. The van der Waals surface area contributed by atoms with Crippen LogP contribution in [0.15, 0.2) is 16.8 Å². The van der Waals surface area contributed by atoms with Gasteiger partial charge in [-0.05, 0) is 60.8 Å². The highest BCUT2D eigenvalue weighted by atomic mass is 32.1. The average molecular weight is 309 g/mol. The van der Waals surface area contributed by atoms with Gasteiger partial charge in [0.05, 0.1) is 6.54 Å². The van der Waals surface area contributed by atoms with Crippen LogP contribution >= 0.6 is 11.3 Å². The molecule has 2 heterocycles. The predicted molar refractivity (Wildman–Crippen MR) is 88.5 cm³/mol. The molecule has 2 rings (SSSR count). The molecule has 1 aromatic rings. The summed E-state index contributed by atoms with van der Waals surface area (Å²) in [6.07, 6.45) is 2.46. The lowest BCUT2D eigenvalue weighted by atomic mass is 9.97. The summed E-state index contributed by atoms with van der Waals surface area (Å²) in [5, 5.41) is 7.56. The maximum atomic E-state index is 12.4. The van der Waals surface area contributed by atoms with Gasteiger partial charge in [0.1, 0.15) is 0 Å². The van der Waals surface area contributed by atoms with Gasteiger partial charge < -0.3 is 10.2 Å². The maximum absolute atomic E-state index is 12.4. The summed E-state index contributed by atoms with van der Waals surface area (Å²) in [4.78, 5) is 16.5. The summed E-state index contributed by atoms with van der Waals surface area (Å²) in [6, 6.07) is 2.08. The molecule has 0 bridgehead atoms. The van der Waals surface area contributed by atoms with Crippen molar-refractivity contribution in [1.29, 1.82) is 0 Å². The Hall–Kier alpha value is -0.910. The molecule has 4 nitrogen and oxygen atoms in total. The van der Waals surface area contributed by atoms with Crippen molar-refractivity contribution in [1.82, 2.24) is 15.1 Å². The van der Waals surface area contributed by atoms with Crippen molar-refractivity contribution in [3.05, 3.63) is 22.4 Å². The lowest BCUT2D eigenvalue weighted by Crippen LogP contribution is -2.42. The second-order valence-corrected chi connectivity index (χ2v) is 6.68. The molecular weight excluding hydrogens is 282 g/mol. The van der Waals surface area contributed by atoms with Crippen molar-refractivity contribution < 1.29 is 4.79 Å². The molecule has 21 heavy (non-hydrogen) atoms. The van der Waals surface area contributed by atoms with Crippen LogP contribution in [0.1, 0.15) is 25.3 Å². The Labute approximate surface area is 132 Å². The largest absolute Gasteiger partial charge is 0.340 e. The monoisotopic (exact) mass is 309 g/mol. The minimum absolute atomic E-state index is 0.219. The van der Waals surface area contributed by atoms with Gasteiger partial charge in [0.2, 0.25) is 5.91 Å². The molecule has 1 amide bonds. The highest BCUT2D eigenvalue weighted by Gasteiger charge is 2.19. The van der Waals surface area contributed by atoms with E-state index in [0.29, 0.717) is 13.1 Å². The molecule has 1 aliphatic rings. The minimum Gasteiger partial charge on any atom is -0.340 e. The number of hydrogen-bond donors (Lipinski definition) is 1. The summed E-state index contributed by atoms with van der Waals surface area (Å²) >= 11 is 1.68. The van der Waals surface area contributed by atoms with Crippen molar-refractivity contribution in [3.8, 4) is 0 Å². The first-order valence-corrected chi connectivity index (χ1v) is 8.81. The molecule has 5 heteroatoms. The predicted octanol–water partition coefficient (Wildman–Crippen LogP) is 2.03. The van der Waals surface area contributed by atoms with Crippen LogP contribution in [0.3, 0.4) is 0 Å². The average Bonchev–Trinajstić information content (AvgIpc) is 3.00. The van der Waals surface area contributed by atoms with Crippen LogP contribution in [-0.4, -0.2) is 55.5 Å². The van der Waals surface area contributed by atoms with Gasteiger partial charge in [-0.15, -0.1) is 0 Å². The van der Waals surface area contributed by atoms with E-state index >= 15 is 0 Å². The van der Waals surface area contributed by atoms with E-state index < -0.39 is 0 Å². The van der Waals surface area contributed by atoms with Gasteiger partial charge in [0, 0.05) is 20.1 Å². The second kappa shape index (κ2) is 8.51. The van der Waals surface area contributed by atoms with Crippen molar-refractivity contribution in [3.63, 3.8) is 0 Å². The fraction of sp³-hybridized carbons (Fsp3) is 0.688. The van der Waals surface area contributed by atoms with Gasteiger partial charge in [0.15, 0.2) is 0 Å². The van der Waals surface area contributed by atoms with Crippen LogP contribution < -0.4 is 5.32 Å². The first-order chi connectivity index (χ1) is 10.2. The van der Waals surface area contributed by atoms with E-state index in [9.17, 15) is 4.79 Å². The maximum Gasteiger partial charge on any atom is 0.236 e. The Morgan fingerprint density at radius 1 is 1.43 bits per heavy atom. The number of thiophene rings is 1. The lowest BCUT2D eigenvalue weighted by Gasteiger charge is -2.30. The van der Waals surface area contributed by atoms with E-state index in [1.807, 2.05) is 11.9 Å². The molecule has 0 saturated carbocycles. The number of nitrogens with zero attached hydrogens (tertiary/aromatic N) is 2. The van der Waals surface area contributed by atoms with E-state index in [-0.39, 0.29) is 5.91 Å². The smallest absolute Gasteiger partial charge is 0.236 e. The molecule has 1 aliphatic heterocycles. The van der Waals surface area contributed by atoms with Gasteiger partial charge >= 0.3 is 0 Å². The zero-order valence-electron chi connectivity index (χ0n) is 13.2. The van der Waals surface area contributed by atoms with Crippen molar-refractivity contribution in [2.75, 3.05) is 39.8 Å². The van der Waals surface area contributed by atoms with Gasteiger partial charge in [-0.1, -0.05) is 6.92 Å². The van der Waals surface area contributed by atoms with Gasteiger partial charge in [-0.25, -0.2) is 0 Å². The molecule has 1 N–H and O–H groups in total. The van der Waals surface area contributed by atoms with E-state index in [2.05, 4.69) is 34.0 Å². The molecule has 0 unspecified atom stereocenters.